The van der Waals surface area contributed by atoms with Crippen LogP contribution in [0, 0.1) is 6.92 Å². The molecule has 0 aliphatic carbocycles. The Balaban J connectivity index is 1.93. The summed E-state index contributed by atoms with van der Waals surface area (Å²) in [5.41, 5.74) is 10.3. The Labute approximate surface area is 93.0 Å². The highest BCUT2D eigenvalue weighted by Crippen LogP contribution is 2.13. The number of rotatable bonds is 2. The highest BCUT2D eigenvalue weighted by atomic mass is 15.4. The molecule has 6 nitrogen and oxygen atoms in total. The van der Waals surface area contributed by atoms with Gasteiger partial charge in [-0.1, -0.05) is 23.4 Å². The molecule has 0 bridgehead atoms. The molecule has 0 unspecified atom stereocenters. The number of nitrogens with one attached hydrogen (secondary N) is 1. The van der Waals surface area contributed by atoms with Gasteiger partial charge in [0.05, 0.1) is 12.1 Å². The molecule has 1 aliphatic rings. The van der Waals surface area contributed by atoms with Crippen molar-refractivity contribution in [1.29, 1.82) is 0 Å². The zero-order valence-electron chi connectivity index (χ0n) is 8.88. The van der Waals surface area contributed by atoms with Gasteiger partial charge >= 0.3 is 0 Å². The lowest BCUT2D eigenvalue weighted by Crippen LogP contribution is -2.10. The van der Waals surface area contributed by atoms with Gasteiger partial charge in [-0.05, 0) is 18.6 Å². The van der Waals surface area contributed by atoms with Gasteiger partial charge in [0.1, 0.15) is 5.84 Å². The molecule has 82 valence electrons. The van der Waals surface area contributed by atoms with Crippen molar-refractivity contribution >= 4 is 17.4 Å². The van der Waals surface area contributed by atoms with E-state index in [1.807, 2.05) is 31.2 Å². The number of hydrogen-bond acceptors (Lipinski definition) is 5. The van der Waals surface area contributed by atoms with Crippen LogP contribution in [0.5, 0.6) is 0 Å². The maximum Gasteiger partial charge on any atom is 0.182 e. The van der Waals surface area contributed by atoms with Crippen molar-refractivity contribution in [2.24, 2.45) is 26.3 Å². The molecule has 0 saturated carbocycles. The largest absolute Gasteiger partial charge is 0.385 e. The van der Waals surface area contributed by atoms with Gasteiger partial charge in [-0.15, -0.1) is 15.3 Å². The number of aryl methyl sites for hydroxylation is 1. The Morgan fingerprint density at radius 2 is 2.12 bits per heavy atom. The zero-order valence-corrected chi connectivity index (χ0v) is 8.88. The Hall–Kier alpha value is -2.24. The first-order valence-corrected chi connectivity index (χ1v) is 4.87. The smallest absolute Gasteiger partial charge is 0.182 e. The average molecular weight is 216 g/mol. The summed E-state index contributed by atoms with van der Waals surface area (Å²) in [6.45, 7) is 1.99. The fourth-order valence-corrected chi connectivity index (χ4v) is 1.24. The molecular formula is C10H12N6. The minimum atomic E-state index is 0.457. The van der Waals surface area contributed by atoms with E-state index in [0.717, 1.165) is 11.3 Å². The third-order valence-electron chi connectivity index (χ3n) is 2.11. The van der Waals surface area contributed by atoms with Crippen LogP contribution in [-0.2, 0) is 0 Å². The molecule has 0 saturated heterocycles. The summed E-state index contributed by atoms with van der Waals surface area (Å²) in [4.78, 5) is 0. The number of nitrogens with two attached hydrogens (primary N) is 1. The standard InChI is InChI=1S/C10H12N6/c1-7-4-2-3-5-8(7)12-16-15-10-6-9(11)13-14-10/h2-5H,6H2,1H3,(H2,11,13)(H,12,14,15). The molecule has 1 aliphatic heterocycles. The van der Waals surface area contributed by atoms with E-state index in [9.17, 15) is 0 Å². The summed E-state index contributed by atoms with van der Waals surface area (Å²) in [6.07, 6.45) is 0.457. The van der Waals surface area contributed by atoms with E-state index >= 15 is 0 Å². The van der Waals surface area contributed by atoms with Crippen LogP contribution in [0.25, 0.3) is 0 Å². The molecule has 0 radical (unpaired) electrons. The van der Waals surface area contributed by atoms with Gasteiger partial charge in [0, 0.05) is 0 Å². The quantitative estimate of drug-likeness (QED) is 0.583. The van der Waals surface area contributed by atoms with E-state index in [1.165, 1.54) is 0 Å². The van der Waals surface area contributed by atoms with E-state index in [2.05, 4.69) is 26.0 Å². The van der Waals surface area contributed by atoms with E-state index in [-0.39, 0.29) is 0 Å². The van der Waals surface area contributed by atoms with Crippen LogP contribution in [0.1, 0.15) is 12.0 Å². The number of hydrogen-bond donors (Lipinski definition) is 2. The molecule has 0 atom stereocenters. The highest BCUT2D eigenvalue weighted by molar-refractivity contribution is 6.04. The number of nitrogens with zero attached hydrogens (tertiary/aromatic N) is 4. The van der Waals surface area contributed by atoms with Crippen LogP contribution in [0.2, 0.25) is 0 Å². The molecule has 0 aromatic heterocycles. The van der Waals surface area contributed by atoms with Crippen molar-refractivity contribution in [3.8, 4) is 0 Å². The summed E-state index contributed by atoms with van der Waals surface area (Å²) in [5.74, 6) is 0.975. The lowest BCUT2D eigenvalue weighted by atomic mass is 10.2. The molecule has 3 N–H and O–H groups in total. The maximum absolute atomic E-state index is 5.45. The predicted octanol–water partition coefficient (Wildman–Crippen LogP) is 1.85. The first-order chi connectivity index (χ1) is 7.75. The van der Waals surface area contributed by atoms with E-state index in [1.54, 1.807) is 0 Å². The molecule has 1 aromatic carbocycles. The molecule has 16 heavy (non-hydrogen) atoms. The van der Waals surface area contributed by atoms with Crippen molar-refractivity contribution in [3.63, 3.8) is 0 Å². The fraction of sp³-hybridized carbons (Fsp3) is 0.200. The topological polar surface area (TPSA) is 87.5 Å². The lowest BCUT2D eigenvalue weighted by molar-refractivity contribution is 1.12. The van der Waals surface area contributed by atoms with Gasteiger partial charge in [0.25, 0.3) is 0 Å². The van der Waals surface area contributed by atoms with Crippen LogP contribution < -0.4 is 11.2 Å². The third kappa shape index (κ3) is 2.41. The first-order valence-electron chi connectivity index (χ1n) is 4.87. The van der Waals surface area contributed by atoms with Gasteiger partial charge in [0.15, 0.2) is 5.84 Å². The molecule has 1 aromatic rings. The minimum absolute atomic E-state index is 0.457. The van der Waals surface area contributed by atoms with Gasteiger partial charge in [0.2, 0.25) is 0 Å². The van der Waals surface area contributed by atoms with Gasteiger partial charge in [-0.3, -0.25) is 5.43 Å². The second-order valence-electron chi connectivity index (χ2n) is 3.41. The van der Waals surface area contributed by atoms with Crippen molar-refractivity contribution in [3.05, 3.63) is 29.8 Å². The average Bonchev–Trinajstić information content (AvgIpc) is 2.67. The van der Waals surface area contributed by atoms with Crippen molar-refractivity contribution in [1.82, 2.24) is 0 Å². The summed E-state index contributed by atoms with van der Waals surface area (Å²) >= 11 is 0. The molecule has 0 amide bonds. The Kier molecular flexibility index (Phi) is 2.90. The van der Waals surface area contributed by atoms with Gasteiger partial charge < -0.3 is 5.73 Å². The molecule has 6 heteroatoms. The van der Waals surface area contributed by atoms with Crippen LogP contribution in [0.15, 0.2) is 44.8 Å². The number of benzene rings is 1. The molecule has 0 fully saturated rings. The first kappa shape index (κ1) is 10.3. The SMILES string of the molecule is Cc1ccccc1NN=NC1=NN=C(N)C1. The summed E-state index contributed by atoms with van der Waals surface area (Å²) < 4.78 is 0. The Morgan fingerprint density at radius 1 is 1.31 bits per heavy atom. The number of amidine groups is 2. The maximum atomic E-state index is 5.45. The summed E-state index contributed by atoms with van der Waals surface area (Å²) in [5, 5.41) is 15.1. The summed E-state index contributed by atoms with van der Waals surface area (Å²) in [6, 6.07) is 7.81. The number of para-hydroxylation sites is 1. The van der Waals surface area contributed by atoms with Crippen molar-refractivity contribution < 1.29 is 0 Å². The Morgan fingerprint density at radius 3 is 2.81 bits per heavy atom. The van der Waals surface area contributed by atoms with Crippen LogP contribution in [-0.4, -0.2) is 11.7 Å². The highest BCUT2D eigenvalue weighted by Gasteiger charge is 2.07. The lowest BCUT2D eigenvalue weighted by Gasteiger charge is -2.01. The summed E-state index contributed by atoms with van der Waals surface area (Å²) in [7, 11) is 0. The van der Waals surface area contributed by atoms with Crippen LogP contribution >= 0.6 is 0 Å². The second kappa shape index (κ2) is 4.52. The van der Waals surface area contributed by atoms with Gasteiger partial charge in [-0.2, -0.15) is 0 Å². The van der Waals surface area contributed by atoms with Crippen molar-refractivity contribution in [2.75, 3.05) is 5.43 Å². The second-order valence-corrected chi connectivity index (χ2v) is 3.41. The predicted molar refractivity (Wildman–Crippen MR) is 63.3 cm³/mol. The monoisotopic (exact) mass is 216 g/mol. The van der Waals surface area contributed by atoms with Gasteiger partial charge in [-0.25, -0.2) is 0 Å². The normalized spacial score (nSPS) is 15.1. The number of anilines is 1. The minimum Gasteiger partial charge on any atom is -0.385 e. The van der Waals surface area contributed by atoms with E-state index in [4.69, 9.17) is 5.73 Å². The molecule has 2 rings (SSSR count). The third-order valence-corrected chi connectivity index (χ3v) is 2.11. The zero-order chi connectivity index (χ0) is 11.4. The Bertz CT molecular complexity index is 474. The van der Waals surface area contributed by atoms with Crippen molar-refractivity contribution in [2.45, 2.75) is 13.3 Å². The molecule has 1 heterocycles. The van der Waals surface area contributed by atoms with Crippen LogP contribution in [0.4, 0.5) is 5.69 Å². The fourth-order valence-electron chi connectivity index (χ4n) is 1.24. The molecule has 0 spiro atoms. The van der Waals surface area contributed by atoms with E-state index < -0.39 is 0 Å². The van der Waals surface area contributed by atoms with Crippen LogP contribution in [0.3, 0.4) is 0 Å². The van der Waals surface area contributed by atoms with E-state index in [0.29, 0.717) is 18.1 Å². The molecular weight excluding hydrogens is 204 g/mol.